The number of aromatic nitrogens is 2. The molecule has 0 amide bonds. The number of allylic oxidation sites excluding steroid dienone is 2. The van der Waals surface area contributed by atoms with Crippen LogP contribution in [0.25, 0.3) is 5.70 Å². The van der Waals surface area contributed by atoms with Gasteiger partial charge in [0.1, 0.15) is 0 Å². The zero-order valence-electron chi connectivity index (χ0n) is 6.11. The standard InChI is InChI=1S/C7H10N2.ClH/c1-3-7(2)9-5-4-8-6-9;/h3-6H,1-2H3;1H. The minimum Gasteiger partial charge on any atom is -0.311 e. The second-order valence-corrected chi connectivity index (χ2v) is 1.90. The van der Waals surface area contributed by atoms with Gasteiger partial charge in [0.05, 0.1) is 6.33 Å². The average Bonchev–Trinajstić information content (AvgIpc) is 2.37. The summed E-state index contributed by atoms with van der Waals surface area (Å²) in [6, 6.07) is 0. The van der Waals surface area contributed by atoms with Gasteiger partial charge in [-0.3, -0.25) is 0 Å². The number of nitrogens with zero attached hydrogens (tertiary/aromatic N) is 2. The van der Waals surface area contributed by atoms with E-state index in [-0.39, 0.29) is 12.4 Å². The normalized spacial score (nSPS) is 10.8. The maximum atomic E-state index is 3.91. The van der Waals surface area contributed by atoms with Gasteiger partial charge in [-0.25, -0.2) is 4.98 Å². The average molecular weight is 159 g/mol. The van der Waals surface area contributed by atoms with Gasteiger partial charge in [0.25, 0.3) is 0 Å². The lowest BCUT2D eigenvalue weighted by atomic mass is 10.4. The van der Waals surface area contributed by atoms with Crippen molar-refractivity contribution in [3.05, 3.63) is 24.8 Å². The van der Waals surface area contributed by atoms with Gasteiger partial charge in [-0.15, -0.1) is 12.4 Å². The third kappa shape index (κ3) is 1.88. The largest absolute Gasteiger partial charge is 0.311 e. The molecule has 56 valence electrons. The third-order valence-corrected chi connectivity index (χ3v) is 1.33. The Labute approximate surface area is 67.0 Å². The first-order valence-corrected chi connectivity index (χ1v) is 2.96. The van der Waals surface area contributed by atoms with Crippen LogP contribution in [0.15, 0.2) is 24.8 Å². The van der Waals surface area contributed by atoms with Crippen LogP contribution >= 0.6 is 12.4 Å². The van der Waals surface area contributed by atoms with Crippen molar-refractivity contribution in [2.75, 3.05) is 0 Å². The van der Waals surface area contributed by atoms with E-state index < -0.39 is 0 Å². The molecule has 0 radical (unpaired) electrons. The van der Waals surface area contributed by atoms with Crippen LogP contribution in [0.3, 0.4) is 0 Å². The van der Waals surface area contributed by atoms with Crippen molar-refractivity contribution >= 4 is 18.1 Å². The van der Waals surface area contributed by atoms with Crippen LogP contribution in [0.5, 0.6) is 0 Å². The molecule has 0 saturated carbocycles. The summed E-state index contributed by atoms with van der Waals surface area (Å²) in [6.45, 7) is 4.05. The quantitative estimate of drug-likeness (QED) is 0.613. The summed E-state index contributed by atoms with van der Waals surface area (Å²) in [6.07, 6.45) is 7.53. The Morgan fingerprint density at radius 1 is 1.60 bits per heavy atom. The highest BCUT2D eigenvalue weighted by Gasteiger charge is 1.86. The molecule has 10 heavy (non-hydrogen) atoms. The molecule has 1 aromatic heterocycles. The van der Waals surface area contributed by atoms with E-state index in [1.54, 1.807) is 12.5 Å². The molecule has 0 bridgehead atoms. The van der Waals surface area contributed by atoms with E-state index >= 15 is 0 Å². The van der Waals surface area contributed by atoms with E-state index in [2.05, 4.69) is 4.98 Å². The molecule has 0 N–H and O–H groups in total. The molecule has 0 fully saturated rings. The van der Waals surface area contributed by atoms with Crippen molar-refractivity contribution in [1.82, 2.24) is 9.55 Å². The molecular weight excluding hydrogens is 148 g/mol. The van der Waals surface area contributed by atoms with Crippen molar-refractivity contribution in [3.63, 3.8) is 0 Å². The van der Waals surface area contributed by atoms with Crippen LogP contribution in [0.4, 0.5) is 0 Å². The summed E-state index contributed by atoms with van der Waals surface area (Å²) in [5, 5.41) is 0. The molecule has 0 spiro atoms. The van der Waals surface area contributed by atoms with Gasteiger partial charge in [0, 0.05) is 18.1 Å². The van der Waals surface area contributed by atoms with Gasteiger partial charge < -0.3 is 4.57 Å². The van der Waals surface area contributed by atoms with Crippen LogP contribution in [-0.4, -0.2) is 9.55 Å². The maximum Gasteiger partial charge on any atom is 0.0988 e. The summed E-state index contributed by atoms with van der Waals surface area (Å²) in [5.41, 5.74) is 1.20. The molecule has 1 rings (SSSR count). The Morgan fingerprint density at radius 2 is 2.30 bits per heavy atom. The van der Waals surface area contributed by atoms with E-state index in [4.69, 9.17) is 0 Å². The molecule has 1 heterocycles. The Morgan fingerprint density at radius 3 is 2.70 bits per heavy atom. The smallest absolute Gasteiger partial charge is 0.0988 e. The Balaban J connectivity index is 0.000000810. The molecule has 2 nitrogen and oxygen atoms in total. The lowest BCUT2D eigenvalue weighted by Crippen LogP contribution is -1.86. The molecule has 0 unspecified atom stereocenters. The lowest BCUT2D eigenvalue weighted by Gasteiger charge is -1.96. The van der Waals surface area contributed by atoms with Crippen LogP contribution in [-0.2, 0) is 0 Å². The minimum absolute atomic E-state index is 0. The molecule has 0 aliphatic heterocycles. The second-order valence-electron chi connectivity index (χ2n) is 1.90. The molecule has 0 aliphatic rings. The highest BCUT2D eigenvalue weighted by atomic mass is 35.5. The van der Waals surface area contributed by atoms with E-state index in [9.17, 15) is 0 Å². The fourth-order valence-corrected chi connectivity index (χ4v) is 0.617. The topological polar surface area (TPSA) is 17.8 Å². The molecule has 0 aliphatic carbocycles. The summed E-state index contributed by atoms with van der Waals surface area (Å²) in [7, 11) is 0. The lowest BCUT2D eigenvalue weighted by molar-refractivity contribution is 1.07. The fraction of sp³-hybridized carbons (Fsp3) is 0.286. The number of hydrogen-bond donors (Lipinski definition) is 0. The van der Waals surface area contributed by atoms with E-state index in [0.29, 0.717) is 0 Å². The van der Waals surface area contributed by atoms with Gasteiger partial charge in [0.2, 0.25) is 0 Å². The highest BCUT2D eigenvalue weighted by Crippen LogP contribution is 1.99. The predicted molar refractivity (Wildman–Crippen MR) is 45.1 cm³/mol. The Hall–Kier alpha value is -0.760. The van der Waals surface area contributed by atoms with E-state index in [1.807, 2.05) is 30.7 Å². The first-order chi connectivity index (χ1) is 4.34. The van der Waals surface area contributed by atoms with Gasteiger partial charge >= 0.3 is 0 Å². The summed E-state index contributed by atoms with van der Waals surface area (Å²) in [5.74, 6) is 0. The predicted octanol–water partition coefficient (Wildman–Crippen LogP) is 2.19. The van der Waals surface area contributed by atoms with Gasteiger partial charge in [-0.05, 0) is 13.8 Å². The van der Waals surface area contributed by atoms with Crippen molar-refractivity contribution in [1.29, 1.82) is 0 Å². The number of rotatable bonds is 1. The van der Waals surface area contributed by atoms with Gasteiger partial charge in [-0.2, -0.15) is 0 Å². The molecule has 3 heteroatoms. The Bertz CT molecular complexity index is 201. The van der Waals surface area contributed by atoms with Crippen molar-refractivity contribution in [3.8, 4) is 0 Å². The zero-order valence-corrected chi connectivity index (χ0v) is 6.93. The van der Waals surface area contributed by atoms with Gasteiger partial charge in [0.15, 0.2) is 0 Å². The van der Waals surface area contributed by atoms with E-state index in [1.165, 1.54) is 5.70 Å². The monoisotopic (exact) mass is 158 g/mol. The molecule has 0 atom stereocenters. The van der Waals surface area contributed by atoms with Gasteiger partial charge in [-0.1, -0.05) is 6.08 Å². The molecule has 0 aromatic carbocycles. The maximum absolute atomic E-state index is 3.91. The first kappa shape index (κ1) is 9.24. The number of hydrogen-bond acceptors (Lipinski definition) is 1. The van der Waals surface area contributed by atoms with Crippen LogP contribution in [0, 0.1) is 0 Å². The van der Waals surface area contributed by atoms with Crippen LogP contribution in [0.1, 0.15) is 13.8 Å². The Kier molecular flexibility index (Phi) is 3.81. The van der Waals surface area contributed by atoms with Crippen molar-refractivity contribution < 1.29 is 0 Å². The fourth-order valence-electron chi connectivity index (χ4n) is 0.617. The number of halogens is 1. The first-order valence-electron chi connectivity index (χ1n) is 2.96. The van der Waals surface area contributed by atoms with E-state index in [0.717, 1.165) is 0 Å². The second kappa shape index (κ2) is 4.12. The number of imidazole rings is 1. The summed E-state index contributed by atoms with van der Waals surface area (Å²) in [4.78, 5) is 3.91. The summed E-state index contributed by atoms with van der Waals surface area (Å²) < 4.78 is 1.97. The highest BCUT2D eigenvalue weighted by molar-refractivity contribution is 5.85. The SMILES string of the molecule is CC=C(C)n1ccnc1.Cl. The van der Waals surface area contributed by atoms with Crippen molar-refractivity contribution in [2.45, 2.75) is 13.8 Å². The molecular formula is C7H11ClN2. The van der Waals surface area contributed by atoms with Crippen LogP contribution in [0.2, 0.25) is 0 Å². The molecule has 1 aromatic rings. The minimum atomic E-state index is 0. The zero-order chi connectivity index (χ0) is 6.69. The van der Waals surface area contributed by atoms with Crippen molar-refractivity contribution in [2.24, 2.45) is 0 Å². The third-order valence-electron chi connectivity index (χ3n) is 1.33. The summed E-state index contributed by atoms with van der Waals surface area (Å²) >= 11 is 0. The van der Waals surface area contributed by atoms with Crippen LogP contribution < -0.4 is 0 Å². The molecule has 0 saturated heterocycles.